The maximum atomic E-state index is 2.50. The Morgan fingerprint density at radius 1 is 0.500 bits per heavy atom. The number of hydrogen-bond donors (Lipinski definition) is 0. The summed E-state index contributed by atoms with van der Waals surface area (Å²) in [4.78, 5) is 0. The van der Waals surface area contributed by atoms with Crippen LogP contribution in [0.4, 0.5) is 0 Å². The van der Waals surface area contributed by atoms with Gasteiger partial charge in [-0.3, -0.25) is 0 Å². The van der Waals surface area contributed by atoms with Crippen LogP contribution in [0.3, 0.4) is 0 Å². The summed E-state index contributed by atoms with van der Waals surface area (Å²) in [6.45, 7) is 5.28. The van der Waals surface area contributed by atoms with E-state index >= 15 is 0 Å². The Morgan fingerprint density at radius 2 is 1.00 bits per heavy atom. The molecule has 2 fully saturated rings. The fraction of sp³-hybridized carbons (Fsp3) is 1.00. The molecule has 2 heterocycles. The Labute approximate surface area is 62.8 Å². The Kier molecular flexibility index (Phi) is 1.91. The Hall–Kier alpha value is -0.0800. The van der Waals surface area contributed by atoms with Crippen LogP contribution in [0.15, 0.2) is 0 Å². The largest absolute Gasteiger partial charge is 0.240 e. The van der Waals surface area contributed by atoms with Crippen LogP contribution in [0.2, 0.25) is 0 Å². The molecule has 2 heteroatoms. The van der Waals surface area contributed by atoms with Gasteiger partial charge in [0.05, 0.1) is 0 Å². The molecule has 0 spiro atoms. The predicted molar refractivity (Wildman–Crippen MR) is 41.6 cm³/mol. The lowest BCUT2D eigenvalue weighted by Crippen LogP contribution is -2.57. The molecule has 0 aromatic heterocycles. The first-order valence-corrected chi connectivity index (χ1v) is 4.46. The second-order valence-corrected chi connectivity index (χ2v) is 3.32. The first-order chi connectivity index (χ1) is 4.97. The molecule has 0 amide bonds. The van der Waals surface area contributed by atoms with Crippen molar-refractivity contribution in [1.82, 2.24) is 10.0 Å². The average Bonchev–Trinajstić information content (AvgIpc) is 1.89. The van der Waals surface area contributed by atoms with Crippen LogP contribution in [-0.4, -0.2) is 36.2 Å². The van der Waals surface area contributed by atoms with E-state index in [2.05, 4.69) is 10.0 Å². The lowest BCUT2D eigenvalue weighted by Gasteiger charge is -2.45. The molecular formula is C8H16N2. The summed E-state index contributed by atoms with van der Waals surface area (Å²) < 4.78 is 0. The quantitative estimate of drug-likeness (QED) is 0.497. The van der Waals surface area contributed by atoms with E-state index in [0.717, 1.165) is 0 Å². The molecule has 2 aliphatic rings. The van der Waals surface area contributed by atoms with Crippen molar-refractivity contribution in [3.05, 3.63) is 0 Å². The van der Waals surface area contributed by atoms with Crippen molar-refractivity contribution in [2.75, 3.05) is 26.2 Å². The van der Waals surface area contributed by atoms with Crippen LogP contribution in [0, 0.1) is 0 Å². The highest BCUT2D eigenvalue weighted by atomic mass is 15.7. The molecule has 0 N–H and O–H groups in total. The summed E-state index contributed by atoms with van der Waals surface area (Å²) in [6.07, 6.45) is 5.72. The Balaban J connectivity index is 1.83. The maximum Gasteiger partial charge on any atom is 0.0275 e. The van der Waals surface area contributed by atoms with Gasteiger partial charge >= 0.3 is 0 Å². The second-order valence-electron chi connectivity index (χ2n) is 3.32. The summed E-state index contributed by atoms with van der Waals surface area (Å²) in [5.41, 5.74) is 0. The molecule has 2 aliphatic heterocycles. The third-order valence-corrected chi connectivity index (χ3v) is 2.60. The maximum absolute atomic E-state index is 2.50. The lowest BCUT2D eigenvalue weighted by molar-refractivity contribution is -0.116. The number of hydrazine groups is 1. The van der Waals surface area contributed by atoms with Crippen LogP contribution in [-0.2, 0) is 0 Å². The van der Waals surface area contributed by atoms with Gasteiger partial charge < -0.3 is 0 Å². The lowest BCUT2D eigenvalue weighted by atomic mass is 10.1. The first-order valence-electron chi connectivity index (χ1n) is 4.46. The minimum absolute atomic E-state index is 1.32. The van der Waals surface area contributed by atoms with Gasteiger partial charge in [-0.15, -0.1) is 0 Å². The van der Waals surface area contributed by atoms with E-state index in [4.69, 9.17) is 0 Å². The number of hydrogen-bond acceptors (Lipinski definition) is 2. The normalized spacial score (nSPS) is 30.0. The molecule has 0 bridgehead atoms. The van der Waals surface area contributed by atoms with Crippen LogP contribution in [0.5, 0.6) is 0 Å². The van der Waals surface area contributed by atoms with E-state index in [9.17, 15) is 0 Å². The van der Waals surface area contributed by atoms with Crippen LogP contribution >= 0.6 is 0 Å². The topological polar surface area (TPSA) is 6.48 Å². The highest BCUT2D eigenvalue weighted by Gasteiger charge is 2.24. The van der Waals surface area contributed by atoms with Crippen LogP contribution < -0.4 is 0 Å². The second kappa shape index (κ2) is 2.89. The number of nitrogens with zero attached hydrogens (tertiary/aromatic N) is 2. The molecule has 0 aliphatic carbocycles. The van der Waals surface area contributed by atoms with E-state index in [1.165, 1.54) is 51.9 Å². The van der Waals surface area contributed by atoms with Crippen molar-refractivity contribution in [1.29, 1.82) is 0 Å². The predicted octanol–water partition coefficient (Wildman–Crippen LogP) is 1.09. The van der Waals surface area contributed by atoms with Crippen molar-refractivity contribution >= 4 is 0 Å². The molecular weight excluding hydrogens is 124 g/mol. The van der Waals surface area contributed by atoms with E-state index in [1.807, 2.05) is 0 Å². The van der Waals surface area contributed by atoms with Crippen LogP contribution in [0.1, 0.15) is 25.7 Å². The summed E-state index contributed by atoms with van der Waals surface area (Å²) in [7, 11) is 0. The van der Waals surface area contributed by atoms with Crippen molar-refractivity contribution in [2.45, 2.75) is 25.7 Å². The third-order valence-electron chi connectivity index (χ3n) is 2.60. The fourth-order valence-corrected chi connectivity index (χ4v) is 1.83. The standard InChI is InChI=1S/C8H16N2/c1-2-4-6-10-8-7-9(10)5-3-1/h1-8H2. The Bertz CT molecular complexity index is 99.8. The first kappa shape index (κ1) is 6.62. The highest BCUT2D eigenvalue weighted by molar-refractivity contribution is 4.71. The summed E-state index contributed by atoms with van der Waals surface area (Å²) in [6, 6.07) is 0. The molecule has 2 nitrogen and oxygen atoms in total. The van der Waals surface area contributed by atoms with Gasteiger partial charge in [0, 0.05) is 26.2 Å². The molecule has 2 rings (SSSR count). The Morgan fingerprint density at radius 3 is 1.40 bits per heavy atom. The zero-order chi connectivity index (χ0) is 6.81. The van der Waals surface area contributed by atoms with Crippen molar-refractivity contribution in [3.8, 4) is 0 Å². The van der Waals surface area contributed by atoms with Crippen LogP contribution in [0.25, 0.3) is 0 Å². The van der Waals surface area contributed by atoms with E-state index < -0.39 is 0 Å². The molecule has 0 saturated carbocycles. The third kappa shape index (κ3) is 1.18. The molecule has 0 aromatic carbocycles. The summed E-state index contributed by atoms with van der Waals surface area (Å²) in [5.74, 6) is 0. The van der Waals surface area contributed by atoms with Gasteiger partial charge in [0.2, 0.25) is 0 Å². The van der Waals surface area contributed by atoms with E-state index in [-0.39, 0.29) is 0 Å². The SMILES string of the molecule is C1CCCN2CCN2CC1. The molecule has 0 aromatic rings. The van der Waals surface area contributed by atoms with Gasteiger partial charge in [-0.25, -0.2) is 10.0 Å². The van der Waals surface area contributed by atoms with Gasteiger partial charge in [0.15, 0.2) is 0 Å². The minimum Gasteiger partial charge on any atom is -0.240 e. The smallest absolute Gasteiger partial charge is 0.0275 e. The summed E-state index contributed by atoms with van der Waals surface area (Å²) >= 11 is 0. The van der Waals surface area contributed by atoms with Gasteiger partial charge in [0.1, 0.15) is 0 Å². The molecule has 58 valence electrons. The highest BCUT2D eigenvalue weighted by Crippen LogP contribution is 2.16. The minimum atomic E-state index is 1.32. The summed E-state index contributed by atoms with van der Waals surface area (Å²) in [5, 5.41) is 5.00. The van der Waals surface area contributed by atoms with Gasteiger partial charge in [-0.1, -0.05) is 12.8 Å². The molecule has 0 atom stereocenters. The van der Waals surface area contributed by atoms with Gasteiger partial charge in [-0.05, 0) is 12.8 Å². The monoisotopic (exact) mass is 140 g/mol. The zero-order valence-corrected chi connectivity index (χ0v) is 6.55. The number of fused-ring (bicyclic) bond motifs is 1. The van der Waals surface area contributed by atoms with E-state index in [1.54, 1.807) is 0 Å². The van der Waals surface area contributed by atoms with Crippen molar-refractivity contribution in [3.63, 3.8) is 0 Å². The van der Waals surface area contributed by atoms with Crippen molar-refractivity contribution < 1.29 is 0 Å². The zero-order valence-electron chi connectivity index (χ0n) is 6.55. The van der Waals surface area contributed by atoms with Gasteiger partial charge in [-0.2, -0.15) is 0 Å². The molecule has 10 heavy (non-hydrogen) atoms. The fourth-order valence-electron chi connectivity index (χ4n) is 1.83. The number of rotatable bonds is 0. The van der Waals surface area contributed by atoms with E-state index in [0.29, 0.717) is 0 Å². The van der Waals surface area contributed by atoms with Crippen molar-refractivity contribution in [2.24, 2.45) is 0 Å². The average molecular weight is 140 g/mol. The molecule has 0 unspecified atom stereocenters. The molecule has 2 saturated heterocycles. The molecule has 0 radical (unpaired) electrons. The van der Waals surface area contributed by atoms with Gasteiger partial charge in [0.25, 0.3) is 0 Å².